The van der Waals surface area contributed by atoms with Crippen LogP contribution in [0.1, 0.15) is 18.9 Å². The van der Waals surface area contributed by atoms with Gasteiger partial charge in [-0.1, -0.05) is 60.3 Å². The number of rotatable bonds is 3. The highest BCUT2D eigenvalue weighted by Crippen LogP contribution is 2.26. The van der Waals surface area contributed by atoms with Crippen molar-refractivity contribution < 1.29 is 4.79 Å². The smallest absolute Gasteiger partial charge is 0.323 e. The van der Waals surface area contributed by atoms with Crippen LogP contribution in [0.15, 0.2) is 65.7 Å². The minimum absolute atomic E-state index is 0.0896. The van der Waals surface area contributed by atoms with E-state index in [2.05, 4.69) is 17.2 Å². The lowest BCUT2D eigenvalue weighted by Crippen LogP contribution is -2.49. The van der Waals surface area contributed by atoms with Crippen molar-refractivity contribution in [1.29, 1.82) is 0 Å². The summed E-state index contributed by atoms with van der Waals surface area (Å²) in [6, 6.07) is 19.8. The topological polar surface area (TPSA) is 44.7 Å². The van der Waals surface area contributed by atoms with Crippen LogP contribution in [0.25, 0.3) is 0 Å². The maximum atomic E-state index is 12.7. The third-order valence-corrected chi connectivity index (χ3v) is 4.89. The van der Waals surface area contributed by atoms with Gasteiger partial charge in [0.15, 0.2) is 5.17 Å². The Kier molecular flexibility index (Phi) is 5.54. The van der Waals surface area contributed by atoms with E-state index in [4.69, 9.17) is 0 Å². The molecule has 0 saturated carbocycles. The number of benzene rings is 2. The first kappa shape index (κ1) is 16.6. The molecule has 2 aromatic rings. The van der Waals surface area contributed by atoms with E-state index < -0.39 is 0 Å². The van der Waals surface area contributed by atoms with Gasteiger partial charge in [0.2, 0.25) is 0 Å². The zero-order chi connectivity index (χ0) is 16.8. The lowest BCUT2D eigenvalue weighted by Gasteiger charge is -2.33. The van der Waals surface area contributed by atoms with E-state index in [1.807, 2.05) is 60.7 Å². The molecule has 1 heterocycles. The predicted octanol–water partition coefficient (Wildman–Crippen LogP) is 4.41. The average molecular weight is 339 g/mol. The summed E-state index contributed by atoms with van der Waals surface area (Å²) < 4.78 is 0. The zero-order valence-corrected chi connectivity index (χ0v) is 14.5. The van der Waals surface area contributed by atoms with Crippen LogP contribution in [-0.2, 0) is 6.54 Å². The minimum atomic E-state index is -0.0896. The van der Waals surface area contributed by atoms with Crippen molar-refractivity contribution in [2.45, 2.75) is 25.9 Å². The molecule has 0 aromatic heterocycles. The van der Waals surface area contributed by atoms with Crippen LogP contribution in [0.2, 0.25) is 0 Å². The van der Waals surface area contributed by atoms with Gasteiger partial charge in [-0.15, -0.1) is 0 Å². The number of nitrogens with one attached hydrogen (secondary N) is 1. The first-order valence-electron chi connectivity index (χ1n) is 8.11. The maximum absolute atomic E-state index is 12.7. The largest absolute Gasteiger partial charge is 0.334 e. The monoisotopic (exact) mass is 339 g/mol. The number of amides is 2. The van der Waals surface area contributed by atoms with Gasteiger partial charge in [-0.25, -0.2) is 9.79 Å². The van der Waals surface area contributed by atoms with E-state index in [0.29, 0.717) is 6.54 Å². The van der Waals surface area contributed by atoms with E-state index >= 15 is 0 Å². The van der Waals surface area contributed by atoms with Gasteiger partial charge in [-0.2, -0.15) is 0 Å². The molecular weight excluding hydrogens is 318 g/mol. The highest BCUT2D eigenvalue weighted by Gasteiger charge is 2.29. The Morgan fingerprint density at radius 3 is 2.54 bits per heavy atom. The Labute approximate surface area is 147 Å². The summed E-state index contributed by atoms with van der Waals surface area (Å²) in [6.07, 6.45) is 0.969. The third kappa shape index (κ3) is 4.17. The highest BCUT2D eigenvalue weighted by molar-refractivity contribution is 8.13. The molecule has 3 rings (SSSR count). The zero-order valence-electron chi connectivity index (χ0n) is 13.7. The molecule has 1 aliphatic rings. The fourth-order valence-corrected chi connectivity index (χ4v) is 3.77. The van der Waals surface area contributed by atoms with Crippen LogP contribution < -0.4 is 5.32 Å². The van der Waals surface area contributed by atoms with E-state index in [1.165, 1.54) is 0 Å². The molecule has 1 N–H and O–H groups in total. The molecular formula is C19H21N3OS. The number of nitrogens with zero attached hydrogens (tertiary/aromatic N) is 2. The molecule has 1 atom stereocenters. The summed E-state index contributed by atoms with van der Waals surface area (Å²) in [6.45, 7) is 2.59. The van der Waals surface area contributed by atoms with Crippen molar-refractivity contribution in [3.05, 3.63) is 66.2 Å². The molecule has 1 aliphatic heterocycles. The third-order valence-electron chi connectivity index (χ3n) is 3.90. The quantitative estimate of drug-likeness (QED) is 0.900. The Bertz CT molecular complexity index is 703. The molecule has 124 valence electrons. The highest BCUT2D eigenvalue weighted by atomic mass is 32.2. The summed E-state index contributed by atoms with van der Waals surface area (Å²) in [5.74, 6) is 0.981. The predicted molar refractivity (Wildman–Crippen MR) is 101 cm³/mol. The molecule has 0 spiro atoms. The molecule has 2 aromatic carbocycles. The van der Waals surface area contributed by atoms with Gasteiger partial charge in [0.05, 0.1) is 5.69 Å². The van der Waals surface area contributed by atoms with Crippen LogP contribution in [0.3, 0.4) is 0 Å². The number of carbonyl (C=O) groups excluding carboxylic acids is 1. The van der Waals surface area contributed by atoms with Gasteiger partial charge < -0.3 is 5.32 Å². The lowest BCUT2D eigenvalue weighted by atomic mass is 10.2. The Hall–Kier alpha value is -2.27. The van der Waals surface area contributed by atoms with Gasteiger partial charge in [0.1, 0.15) is 0 Å². The van der Waals surface area contributed by atoms with Crippen LogP contribution >= 0.6 is 11.8 Å². The second kappa shape index (κ2) is 8.02. The van der Waals surface area contributed by atoms with E-state index in [-0.39, 0.29) is 12.1 Å². The fraction of sp³-hybridized carbons (Fsp3) is 0.263. The average Bonchev–Trinajstić information content (AvgIpc) is 2.62. The van der Waals surface area contributed by atoms with Crippen molar-refractivity contribution in [2.75, 3.05) is 5.75 Å². The van der Waals surface area contributed by atoms with Crippen LogP contribution in [0, 0.1) is 0 Å². The summed E-state index contributed by atoms with van der Waals surface area (Å²) in [7, 11) is 0. The van der Waals surface area contributed by atoms with Crippen molar-refractivity contribution in [3.8, 4) is 0 Å². The number of para-hydroxylation sites is 1. The van der Waals surface area contributed by atoms with Gasteiger partial charge >= 0.3 is 6.03 Å². The van der Waals surface area contributed by atoms with E-state index in [9.17, 15) is 4.79 Å². The fourth-order valence-electron chi connectivity index (χ4n) is 2.55. The lowest BCUT2D eigenvalue weighted by molar-refractivity contribution is 0.210. The molecule has 1 unspecified atom stereocenters. The number of urea groups is 1. The summed E-state index contributed by atoms with van der Waals surface area (Å²) in [4.78, 5) is 19.2. The molecule has 24 heavy (non-hydrogen) atoms. The number of carbonyl (C=O) groups is 1. The molecule has 2 amide bonds. The number of aliphatic imine (C=N–C) groups is 1. The van der Waals surface area contributed by atoms with E-state index in [1.54, 1.807) is 16.7 Å². The Balaban J connectivity index is 1.74. The van der Waals surface area contributed by atoms with Crippen molar-refractivity contribution in [3.63, 3.8) is 0 Å². The maximum Gasteiger partial charge on any atom is 0.323 e. The van der Waals surface area contributed by atoms with Gasteiger partial charge in [0.25, 0.3) is 0 Å². The van der Waals surface area contributed by atoms with Gasteiger partial charge in [0, 0.05) is 18.3 Å². The van der Waals surface area contributed by atoms with Crippen LogP contribution in [-0.4, -0.2) is 27.9 Å². The molecule has 4 nitrogen and oxygen atoms in total. The molecule has 5 heteroatoms. The Morgan fingerprint density at radius 1 is 1.17 bits per heavy atom. The summed E-state index contributed by atoms with van der Waals surface area (Å²) in [5.41, 5.74) is 1.96. The van der Waals surface area contributed by atoms with Crippen molar-refractivity contribution in [1.82, 2.24) is 10.2 Å². The molecule has 1 fully saturated rings. The van der Waals surface area contributed by atoms with Crippen LogP contribution in [0.5, 0.6) is 0 Å². The van der Waals surface area contributed by atoms with Crippen LogP contribution in [0.4, 0.5) is 10.5 Å². The molecule has 1 saturated heterocycles. The molecule has 0 bridgehead atoms. The first-order chi connectivity index (χ1) is 11.7. The van der Waals surface area contributed by atoms with Gasteiger partial charge in [-0.3, -0.25) is 4.90 Å². The second-order valence-corrected chi connectivity index (χ2v) is 6.79. The van der Waals surface area contributed by atoms with Crippen molar-refractivity contribution in [2.24, 2.45) is 4.99 Å². The summed E-state index contributed by atoms with van der Waals surface area (Å²) in [5, 5.41) is 3.78. The summed E-state index contributed by atoms with van der Waals surface area (Å²) >= 11 is 1.63. The number of hydrogen-bond acceptors (Lipinski definition) is 3. The standard InChI is InChI=1S/C19H21N3OS/c1-15-12-13-24-19(21-17-10-6-3-7-11-17)22(15)18(23)20-14-16-8-4-2-5-9-16/h2-11,15H,12-14H2,1H3,(H,20,23). The normalized spacial score (nSPS) is 19.3. The van der Waals surface area contributed by atoms with Gasteiger partial charge in [-0.05, 0) is 31.0 Å². The number of amidine groups is 1. The Morgan fingerprint density at radius 2 is 1.83 bits per heavy atom. The number of hydrogen-bond donors (Lipinski definition) is 1. The van der Waals surface area contributed by atoms with Crippen molar-refractivity contribution >= 4 is 28.6 Å². The number of thioether (sulfide) groups is 1. The first-order valence-corrected chi connectivity index (χ1v) is 9.10. The molecule has 0 aliphatic carbocycles. The van der Waals surface area contributed by atoms with E-state index in [0.717, 1.165) is 28.6 Å². The minimum Gasteiger partial charge on any atom is -0.334 e. The second-order valence-electron chi connectivity index (χ2n) is 5.73. The molecule has 0 radical (unpaired) electrons. The SMILES string of the molecule is CC1CCSC(=Nc2ccccc2)N1C(=O)NCc1ccccc1.